The highest BCUT2D eigenvalue weighted by molar-refractivity contribution is 6.34. The number of hydrogen-bond acceptors (Lipinski definition) is 3. The van der Waals surface area contributed by atoms with Gasteiger partial charge in [0.1, 0.15) is 5.69 Å². The molecule has 21 heavy (non-hydrogen) atoms. The number of H-pyrrole nitrogens is 1. The van der Waals surface area contributed by atoms with Crippen LogP contribution in [0.1, 0.15) is 16.1 Å². The Labute approximate surface area is 126 Å². The summed E-state index contributed by atoms with van der Waals surface area (Å²) in [7, 11) is 0. The standard InChI is InChI=1S/C15H12ClN3O2/c16-11-7-6-10(3-2-8-17)9-13(11)19-15(21)12-4-1-5-14(20)18-12/h1,4-7,9H,8,17H2,(H,18,20)(H,19,21). The Kier molecular flexibility index (Phi) is 4.77. The average molecular weight is 302 g/mol. The van der Waals surface area contributed by atoms with Crippen LogP contribution in [-0.2, 0) is 0 Å². The summed E-state index contributed by atoms with van der Waals surface area (Å²) in [5.41, 5.74) is 6.21. The van der Waals surface area contributed by atoms with Crippen LogP contribution in [0.15, 0.2) is 41.2 Å². The predicted molar refractivity (Wildman–Crippen MR) is 82.4 cm³/mol. The largest absolute Gasteiger partial charge is 0.320 e. The van der Waals surface area contributed by atoms with Crippen LogP contribution in [0.4, 0.5) is 5.69 Å². The van der Waals surface area contributed by atoms with Crippen LogP contribution >= 0.6 is 11.6 Å². The van der Waals surface area contributed by atoms with E-state index < -0.39 is 5.91 Å². The third kappa shape index (κ3) is 3.96. The van der Waals surface area contributed by atoms with Gasteiger partial charge in [-0.05, 0) is 24.3 Å². The molecular formula is C15H12ClN3O2. The van der Waals surface area contributed by atoms with E-state index in [1.54, 1.807) is 18.2 Å². The summed E-state index contributed by atoms with van der Waals surface area (Å²) in [5, 5.41) is 3.01. The molecule has 1 aromatic carbocycles. The lowest BCUT2D eigenvalue weighted by Gasteiger charge is -2.07. The SMILES string of the molecule is NCC#Cc1ccc(Cl)c(NC(=O)c2cccc(=O)[nH]2)c1. The summed E-state index contributed by atoms with van der Waals surface area (Å²) in [6.45, 7) is 0.246. The van der Waals surface area contributed by atoms with E-state index in [2.05, 4.69) is 22.1 Å². The van der Waals surface area contributed by atoms with Crippen LogP contribution in [0.25, 0.3) is 0 Å². The smallest absolute Gasteiger partial charge is 0.272 e. The van der Waals surface area contributed by atoms with Crippen molar-refractivity contribution in [3.8, 4) is 11.8 Å². The van der Waals surface area contributed by atoms with Gasteiger partial charge in [-0.2, -0.15) is 0 Å². The zero-order chi connectivity index (χ0) is 15.2. The van der Waals surface area contributed by atoms with Gasteiger partial charge in [0.15, 0.2) is 0 Å². The summed E-state index contributed by atoms with van der Waals surface area (Å²) in [6, 6.07) is 9.33. The second-order valence-electron chi connectivity index (χ2n) is 4.08. The minimum absolute atomic E-state index is 0.150. The van der Waals surface area contributed by atoms with Crippen molar-refractivity contribution >= 4 is 23.2 Å². The van der Waals surface area contributed by atoms with E-state index in [1.807, 2.05) is 0 Å². The zero-order valence-corrected chi connectivity index (χ0v) is 11.7. The molecule has 6 heteroatoms. The number of nitrogens with two attached hydrogens (primary N) is 1. The number of rotatable bonds is 2. The molecule has 1 amide bonds. The molecule has 0 atom stereocenters. The van der Waals surface area contributed by atoms with Gasteiger partial charge in [-0.25, -0.2) is 0 Å². The molecule has 0 fully saturated rings. The lowest BCUT2D eigenvalue weighted by molar-refractivity contribution is 0.102. The molecule has 0 aliphatic rings. The number of aromatic amines is 1. The maximum Gasteiger partial charge on any atom is 0.272 e. The molecule has 106 valence electrons. The van der Waals surface area contributed by atoms with Gasteiger partial charge in [-0.3, -0.25) is 9.59 Å². The van der Waals surface area contributed by atoms with E-state index in [-0.39, 0.29) is 17.8 Å². The zero-order valence-electron chi connectivity index (χ0n) is 10.9. The second kappa shape index (κ2) is 6.75. The molecule has 2 aromatic rings. The molecule has 0 bridgehead atoms. The Morgan fingerprint density at radius 1 is 1.33 bits per heavy atom. The first-order chi connectivity index (χ1) is 10.1. The first kappa shape index (κ1) is 14.9. The lowest BCUT2D eigenvalue weighted by atomic mass is 10.2. The topological polar surface area (TPSA) is 88.0 Å². The fraction of sp³-hybridized carbons (Fsp3) is 0.0667. The van der Waals surface area contributed by atoms with Crippen molar-refractivity contribution in [1.29, 1.82) is 0 Å². The maximum absolute atomic E-state index is 12.0. The second-order valence-corrected chi connectivity index (χ2v) is 4.49. The first-order valence-electron chi connectivity index (χ1n) is 6.09. The summed E-state index contributed by atoms with van der Waals surface area (Å²) < 4.78 is 0. The molecule has 0 radical (unpaired) electrons. The number of amides is 1. The van der Waals surface area contributed by atoms with Gasteiger partial charge in [0.05, 0.1) is 17.3 Å². The van der Waals surface area contributed by atoms with Crippen LogP contribution in [0.2, 0.25) is 5.02 Å². The van der Waals surface area contributed by atoms with E-state index in [0.29, 0.717) is 16.3 Å². The van der Waals surface area contributed by atoms with Crippen LogP contribution < -0.4 is 16.6 Å². The number of nitrogens with one attached hydrogen (secondary N) is 2. The Morgan fingerprint density at radius 2 is 2.14 bits per heavy atom. The van der Waals surface area contributed by atoms with Gasteiger partial charge in [-0.1, -0.05) is 29.5 Å². The average Bonchev–Trinajstić information content (AvgIpc) is 2.48. The van der Waals surface area contributed by atoms with Crippen LogP contribution in [0, 0.1) is 11.8 Å². The quantitative estimate of drug-likeness (QED) is 0.736. The summed E-state index contributed by atoms with van der Waals surface area (Å²) in [5.74, 6) is 5.11. The minimum atomic E-state index is -0.460. The van der Waals surface area contributed by atoms with Gasteiger partial charge in [0, 0.05) is 11.6 Å². The highest BCUT2D eigenvalue weighted by atomic mass is 35.5. The van der Waals surface area contributed by atoms with Crippen LogP contribution in [0.5, 0.6) is 0 Å². The fourth-order valence-corrected chi connectivity index (χ4v) is 1.79. The monoisotopic (exact) mass is 301 g/mol. The number of halogens is 1. The predicted octanol–water partition coefficient (Wildman–Crippen LogP) is 1.59. The van der Waals surface area contributed by atoms with Crippen molar-refractivity contribution in [3.63, 3.8) is 0 Å². The van der Waals surface area contributed by atoms with Crippen molar-refractivity contribution in [2.45, 2.75) is 0 Å². The Balaban J connectivity index is 2.26. The molecule has 0 aliphatic heterocycles. The summed E-state index contributed by atoms with van der Waals surface area (Å²) in [4.78, 5) is 25.7. The van der Waals surface area contributed by atoms with Gasteiger partial charge in [-0.15, -0.1) is 0 Å². The molecule has 2 rings (SSSR count). The third-order valence-electron chi connectivity index (χ3n) is 2.56. The van der Waals surface area contributed by atoms with Crippen molar-refractivity contribution in [2.24, 2.45) is 5.73 Å². The first-order valence-corrected chi connectivity index (χ1v) is 6.47. The highest BCUT2D eigenvalue weighted by Crippen LogP contribution is 2.23. The van der Waals surface area contributed by atoms with Crippen molar-refractivity contribution in [2.75, 3.05) is 11.9 Å². The number of carbonyl (C=O) groups is 1. The van der Waals surface area contributed by atoms with Crippen molar-refractivity contribution in [3.05, 3.63) is 63.0 Å². The van der Waals surface area contributed by atoms with Gasteiger partial charge in [0.25, 0.3) is 5.91 Å². The highest BCUT2D eigenvalue weighted by Gasteiger charge is 2.09. The van der Waals surface area contributed by atoms with Crippen molar-refractivity contribution < 1.29 is 4.79 Å². The van der Waals surface area contributed by atoms with E-state index >= 15 is 0 Å². The number of carbonyl (C=O) groups excluding carboxylic acids is 1. The molecular weight excluding hydrogens is 290 g/mol. The Morgan fingerprint density at radius 3 is 2.86 bits per heavy atom. The number of benzene rings is 1. The van der Waals surface area contributed by atoms with E-state index in [4.69, 9.17) is 17.3 Å². The molecule has 1 aromatic heterocycles. The van der Waals surface area contributed by atoms with E-state index in [0.717, 1.165) is 0 Å². The number of aromatic nitrogens is 1. The molecule has 0 saturated carbocycles. The molecule has 4 N–H and O–H groups in total. The molecule has 1 heterocycles. The minimum Gasteiger partial charge on any atom is -0.320 e. The number of anilines is 1. The Bertz CT molecular complexity index is 787. The number of pyridine rings is 1. The van der Waals surface area contributed by atoms with Gasteiger partial charge >= 0.3 is 0 Å². The van der Waals surface area contributed by atoms with E-state index in [9.17, 15) is 9.59 Å². The van der Waals surface area contributed by atoms with Crippen LogP contribution in [-0.4, -0.2) is 17.4 Å². The maximum atomic E-state index is 12.0. The van der Waals surface area contributed by atoms with Crippen molar-refractivity contribution in [1.82, 2.24) is 4.98 Å². The van der Waals surface area contributed by atoms with E-state index in [1.165, 1.54) is 18.2 Å². The molecule has 0 unspecified atom stereocenters. The number of hydrogen-bond donors (Lipinski definition) is 3. The molecule has 0 saturated heterocycles. The molecule has 0 aliphatic carbocycles. The summed E-state index contributed by atoms with van der Waals surface area (Å²) in [6.07, 6.45) is 0. The third-order valence-corrected chi connectivity index (χ3v) is 2.89. The Hall–Kier alpha value is -2.55. The summed E-state index contributed by atoms with van der Waals surface area (Å²) >= 11 is 6.03. The lowest BCUT2D eigenvalue weighted by Crippen LogP contribution is -2.18. The van der Waals surface area contributed by atoms with Gasteiger partial charge < -0.3 is 16.0 Å². The molecule has 0 spiro atoms. The molecule has 5 nitrogen and oxygen atoms in total. The van der Waals surface area contributed by atoms with Gasteiger partial charge in [0.2, 0.25) is 5.56 Å². The normalized spacial score (nSPS) is 9.62. The fourth-order valence-electron chi connectivity index (χ4n) is 1.62. The van der Waals surface area contributed by atoms with Crippen LogP contribution in [0.3, 0.4) is 0 Å².